The number of phenols is 1. The number of nitrogens with zero attached hydrogens (tertiary/aromatic N) is 2. The Morgan fingerprint density at radius 2 is 1.68 bits per heavy atom. The molecule has 1 saturated carbocycles. The highest BCUT2D eigenvalue weighted by molar-refractivity contribution is 6.04. The first-order valence-electron chi connectivity index (χ1n) is 12.9. The van der Waals surface area contributed by atoms with Crippen LogP contribution in [0.1, 0.15) is 66.7 Å². The summed E-state index contributed by atoms with van der Waals surface area (Å²) in [4.78, 5) is 25.7. The molecule has 38 heavy (non-hydrogen) atoms. The molecule has 7 nitrogen and oxygen atoms in total. The summed E-state index contributed by atoms with van der Waals surface area (Å²) in [6.07, 6.45) is 2.01. The molecule has 194 valence electrons. The number of anilines is 1. The van der Waals surface area contributed by atoms with Gasteiger partial charge in [-0.25, -0.2) is 4.79 Å². The number of rotatable bonds is 6. The first kappa shape index (κ1) is 25.3. The van der Waals surface area contributed by atoms with Gasteiger partial charge in [0, 0.05) is 35.3 Å². The lowest BCUT2D eigenvalue weighted by Gasteiger charge is -2.19. The van der Waals surface area contributed by atoms with Crippen LogP contribution in [0, 0.1) is 0 Å². The van der Waals surface area contributed by atoms with Crippen LogP contribution in [-0.2, 0) is 12.0 Å². The molecule has 1 aromatic heterocycles. The summed E-state index contributed by atoms with van der Waals surface area (Å²) in [7, 11) is 0. The summed E-state index contributed by atoms with van der Waals surface area (Å²) in [6.45, 7) is 6.78. The van der Waals surface area contributed by atoms with Crippen LogP contribution in [0.5, 0.6) is 5.75 Å². The Hall–Kier alpha value is -4.39. The van der Waals surface area contributed by atoms with E-state index in [2.05, 4.69) is 36.5 Å². The molecule has 1 aliphatic rings. The third-order valence-electron chi connectivity index (χ3n) is 6.76. The second-order valence-electron chi connectivity index (χ2n) is 10.8. The second-order valence-corrected chi connectivity index (χ2v) is 10.8. The molecule has 0 radical (unpaired) electrons. The fourth-order valence-corrected chi connectivity index (χ4v) is 4.36. The number of carbonyl (C=O) groups is 2. The molecule has 1 fully saturated rings. The highest BCUT2D eigenvalue weighted by Crippen LogP contribution is 2.42. The second kappa shape index (κ2) is 10.2. The van der Waals surface area contributed by atoms with Crippen LogP contribution >= 0.6 is 0 Å². The van der Waals surface area contributed by atoms with Crippen LogP contribution in [0.2, 0.25) is 0 Å². The van der Waals surface area contributed by atoms with Gasteiger partial charge in [-0.05, 0) is 59.7 Å². The number of benzene rings is 3. The topological polar surface area (TPSA) is 96.3 Å². The van der Waals surface area contributed by atoms with Crippen molar-refractivity contribution in [3.63, 3.8) is 0 Å². The number of hydrogen-bond donors (Lipinski definition) is 3. The maximum atomic E-state index is 13.0. The van der Waals surface area contributed by atoms with E-state index >= 15 is 0 Å². The number of nitrogens with one attached hydrogen (secondary N) is 2. The molecule has 0 spiro atoms. The number of aromatic nitrogens is 2. The van der Waals surface area contributed by atoms with Gasteiger partial charge in [0.25, 0.3) is 5.91 Å². The van der Waals surface area contributed by atoms with Crippen LogP contribution in [0.4, 0.5) is 10.5 Å². The smallest absolute Gasteiger partial charge is 0.342 e. The minimum atomic E-state index is -0.303. The fraction of sp³-hybridized carbons (Fsp3) is 0.258. The molecule has 1 heterocycles. The maximum absolute atomic E-state index is 13.0. The van der Waals surface area contributed by atoms with Gasteiger partial charge < -0.3 is 15.7 Å². The van der Waals surface area contributed by atoms with E-state index in [1.807, 2.05) is 48.5 Å². The van der Waals surface area contributed by atoms with Gasteiger partial charge in [0.15, 0.2) is 0 Å². The molecule has 7 heteroatoms. The Balaban J connectivity index is 1.31. The molecule has 5 rings (SSSR count). The third kappa shape index (κ3) is 5.62. The number of carbonyl (C=O) groups excluding carboxylic acids is 2. The van der Waals surface area contributed by atoms with Crippen molar-refractivity contribution in [2.45, 2.75) is 51.5 Å². The standard InChI is InChI=1S/C31H32N4O3/c1-31(2,3)23-13-11-22(12-14-23)29(37)33-24-15-16-25(28(36)17-24)26-18-27(21-9-10-21)35(34-26)30(38)32-19-20-7-5-4-6-8-20/h4-8,11-18,21,36H,9-10,19H2,1-3H3,(H,32,38)(H,33,37). The predicted molar refractivity (Wildman–Crippen MR) is 148 cm³/mol. The molecule has 0 bridgehead atoms. The SMILES string of the molecule is CC(C)(C)c1ccc(C(=O)Nc2ccc(-c3cc(C4CC4)n(C(=O)NCc4ccccc4)n3)c(O)c2)cc1. The monoisotopic (exact) mass is 508 g/mol. The molecular weight excluding hydrogens is 476 g/mol. The number of aromatic hydroxyl groups is 1. The van der Waals surface area contributed by atoms with Gasteiger partial charge in [-0.15, -0.1) is 0 Å². The van der Waals surface area contributed by atoms with Gasteiger partial charge in [-0.2, -0.15) is 9.78 Å². The zero-order valence-electron chi connectivity index (χ0n) is 21.9. The Morgan fingerprint density at radius 3 is 2.32 bits per heavy atom. The first-order valence-corrected chi connectivity index (χ1v) is 12.9. The largest absolute Gasteiger partial charge is 0.507 e. The van der Waals surface area contributed by atoms with E-state index in [1.54, 1.807) is 24.3 Å². The summed E-state index contributed by atoms with van der Waals surface area (Å²) in [6, 6.07) is 23.7. The fourth-order valence-electron chi connectivity index (χ4n) is 4.36. The molecule has 0 unspecified atom stereocenters. The van der Waals surface area contributed by atoms with Crippen molar-refractivity contribution >= 4 is 17.6 Å². The van der Waals surface area contributed by atoms with Gasteiger partial charge in [-0.1, -0.05) is 63.2 Å². The van der Waals surface area contributed by atoms with Crippen molar-refractivity contribution in [1.29, 1.82) is 0 Å². The van der Waals surface area contributed by atoms with E-state index in [-0.39, 0.29) is 29.0 Å². The van der Waals surface area contributed by atoms with Crippen LogP contribution in [0.15, 0.2) is 78.9 Å². The normalized spacial score (nSPS) is 13.2. The predicted octanol–water partition coefficient (Wildman–Crippen LogP) is 6.44. The molecule has 3 N–H and O–H groups in total. The number of amides is 2. The van der Waals surface area contributed by atoms with Gasteiger partial charge in [0.05, 0.1) is 11.4 Å². The Kier molecular flexibility index (Phi) is 6.76. The van der Waals surface area contributed by atoms with E-state index in [9.17, 15) is 14.7 Å². The molecule has 1 aliphatic carbocycles. The van der Waals surface area contributed by atoms with Gasteiger partial charge in [-0.3, -0.25) is 4.79 Å². The number of hydrogen-bond acceptors (Lipinski definition) is 4. The van der Waals surface area contributed by atoms with Crippen LogP contribution in [0.25, 0.3) is 11.3 Å². The zero-order valence-corrected chi connectivity index (χ0v) is 21.9. The highest BCUT2D eigenvalue weighted by atomic mass is 16.3. The van der Waals surface area contributed by atoms with Crippen molar-refractivity contribution in [2.75, 3.05) is 5.32 Å². The summed E-state index contributed by atoms with van der Waals surface area (Å²) < 4.78 is 1.41. The molecule has 0 atom stereocenters. The lowest BCUT2D eigenvalue weighted by molar-refractivity contribution is 0.102. The van der Waals surface area contributed by atoms with E-state index in [0.29, 0.717) is 29.1 Å². The van der Waals surface area contributed by atoms with E-state index in [1.165, 1.54) is 10.7 Å². The van der Waals surface area contributed by atoms with E-state index in [0.717, 1.165) is 29.7 Å². The maximum Gasteiger partial charge on any atom is 0.342 e. The molecular formula is C31H32N4O3. The molecule has 4 aromatic rings. The van der Waals surface area contributed by atoms with Crippen molar-refractivity contribution in [3.8, 4) is 17.0 Å². The summed E-state index contributed by atoms with van der Waals surface area (Å²) in [5.41, 5.74) is 5.00. The number of phenolic OH excluding ortho intramolecular Hbond substituents is 1. The lowest BCUT2D eigenvalue weighted by Crippen LogP contribution is -2.30. The average molecular weight is 509 g/mol. The van der Waals surface area contributed by atoms with Gasteiger partial charge in [0.1, 0.15) is 5.75 Å². The average Bonchev–Trinajstić information content (AvgIpc) is 3.66. The van der Waals surface area contributed by atoms with Crippen molar-refractivity contribution in [2.24, 2.45) is 0 Å². The van der Waals surface area contributed by atoms with Crippen molar-refractivity contribution in [3.05, 3.63) is 101 Å². The van der Waals surface area contributed by atoms with Gasteiger partial charge in [0.2, 0.25) is 0 Å². The summed E-state index contributed by atoms with van der Waals surface area (Å²) in [5, 5.41) is 21.1. The Morgan fingerprint density at radius 1 is 0.974 bits per heavy atom. The van der Waals surface area contributed by atoms with Crippen molar-refractivity contribution in [1.82, 2.24) is 15.1 Å². The molecule has 0 saturated heterocycles. The molecule has 0 aliphatic heterocycles. The highest BCUT2D eigenvalue weighted by Gasteiger charge is 2.30. The van der Waals surface area contributed by atoms with E-state index in [4.69, 9.17) is 0 Å². The lowest BCUT2D eigenvalue weighted by atomic mass is 9.87. The van der Waals surface area contributed by atoms with Gasteiger partial charge >= 0.3 is 6.03 Å². The quantitative estimate of drug-likeness (QED) is 0.279. The van der Waals surface area contributed by atoms with E-state index < -0.39 is 0 Å². The van der Waals surface area contributed by atoms with Crippen LogP contribution < -0.4 is 10.6 Å². The molecule has 3 aromatic carbocycles. The zero-order chi connectivity index (χ0) is 26.9. The van der Waals surface area contributed by atoms with Crippen molar-refractivity contribution < 1.29 is 14.7 Å². The Labute approximate surface area is 222 Å². The van der Waals surface area contributed by atoms with Crippen LogP contribution in [0.3, 0.4) is 0 Å². The minimum absolute atomic E-state index is 0.00551. The molecule has 2 amide bonds. The third-order valence-corrected chi connectivity index (χ3v) is 6.76. The Bertz CT molecular complexity index is 1460. The van der Waals surface area contributed by atoms with Crippen LogP contribution in [-0.4, -0.2) is 26.8 Å². The summed E-state index contributed by atoms with van der Waals surface area (Å²) >= 11 is 0. The summed E-state index contributed by atoms with van der Waals surface area (Å²) in [5.74, 6) is -0.000309. The first-order chi connectivity index (χ1) is 18.2. The minimum Gasteiger partial charge on any atom is -0.507 e.